The predicted molar refractivity (Wildman–Crippen MR) is 104 cm³/mol. The summed E-state index contributed by atoms with van der Waals surface area (Å²) < 4.78 is 11.9. The van der Waals surface area contributed by atoms with Crippen LogP contribution in [0.4, 0.5) is 4.79 Å². The summed E-state index contributed by atoms with van der Waals surface area (Å²) in [5, 5.41) is 6.69. The summed E-state index contributed by atoms with van der Waals surface area (Å²) >= 11 is 0. The molecule has 1 N–H and O–H groups in total. The van der Waals surface area contributed by atoms with Gasteiger partial charge >= 0.3 is 12.1 Å². The van der Waals surface area contributed by atoms with Crippen molar-refractivity contribution in [2.75, 3.05) is 0 Å². The van der Waals surface area contributed by atoms with Crippen LogP contribution in [0.15, 0.2) is 36.9 Å². The summed E-state index contributed by atoms with van der Waals surface area (Å²) in [6, 6.07) is 7.75. The van der Waals surface area contributed by atoms with E-state index in [1.807, 2.05) is 31.2 Å². The van der Waals surface area contributed by atoms with Gasteiger partial charge in [0.15, 0.2) is 0 Å². The average Bonchev–Trinajstić information content (AvgIpc) is 3.13. The van der Waals surface area contributed by atoms with Crippen molar-refractivity contribution in [2.24, 2.45) is 0 Å². The van der Waals surface area contributed by atoms with Gasteiger partial charge in [-0.1, -0.05) is 38.1 Å². The molecule has 0 spiro atoms. The molecule has 0 fully saturated rings. The first kappa shape index (κ1) is 21.4. The number of hydrogen-bond donors (Lipinski definition) is 1. The van der Waals surface area contributed by atoms with Gasteiger partial charge in [-0.05, 0) is 37.8 Å². The Morgan fingerprint density at radius 2 is 1.68 bits per heavy atom. The Morgan fingerprint density at radius 1 is 1.04 bits per heavy atom. The summed E-state index contributed by atoms with van der Waals surface area (Å²) in [5.74, 6) is -0.193. The van der Waals surface area contributed by atoms with E-state index in [1.165, 1.54) is 22.9 Å². The Kier molecular flexibility index (Phi) is 7.54. The molecule has 0 aliphatic heterocycles. The average molecular weight is 388 g/mol. The second-order valence-electron chi connectivity index (χ2n) is 7.18. The van der Waals surface area contributed by atoms with Crippen molar-refractivity contribution >= 4 is 12.1 Å². The highest BCUT2D eigenvalue weighted by atomic mass is 16.6. The molecule has 28 heavy (non-hydrogen) atoms. The number of ether oxygens (including phenoxy) is 2. The largest absolute Gasteiger partial charge is 0.460 e. The number of amides is 1. The van der Waals surface area contributed by atoms with E-state index >= 15 is 0 Å². The smallest absolute Gasteiger partial charge is 0.408 e. The van der Waals surface area contributed by atoms with Gasteiger partial charge in [-0.25, -0.2) is 19.3 Å². The Hall–Kier alpha value is -2.90. The first-order chi connectivity index (χ1) is 13.3. The van der Waals surface area contributed by atoms with Gasteiger partial charge in [0.1, 0.15) is 12.7 Å². The molecule has 0 saturated heterocycles. The molecule has 0 aliphatic carbocycles. The maximum atomic E-state index is 12.3. The van der Waals surface area contributed by atoms with Crippen LogP contribution in [0.5, 0.6) is 0 Å². The fourth-order valence-electron chi connectivity index (χ4n) is 2.56. The Balaban J connectivity index is 2.00. The van der Waals surface area contributed by atoms with Crippen LogP contribution in [0.3, 0.4) is 0 Å². The van der Waals surface area contributed by atoms with Crippen LogP contribution in [0.1, 0.15) is 57.7 Å². The van der Waals surface area contributed by atoms with Crippen molar-refractivity contribution in [1.82, 2.24) is 20.1 Å². The topological polar surface area (TPSA) is 95.3 Å². The Labute approximate surface area is 165 Å². The highest BCUT2D eigenvalue weighted by molar-refractivity contribution is 5.79. The van der Waals surface area contributed by atoms with Gasteiger partial charge in [-0.2, -0.15) is 5.10 Å². The highest BCUT2D eigenvalue weighted by Crippen LogP contribution is 2.18. The van der Waals surface area contributed by atoms with Crippen LogP contribution in [0.2, 0.25) is 0 Å². The minimum Gasteiger partial charge on any atom is -0.460 e. The first-order valence-electron chi connectivity index (χ1n) is 9.36. The van der Waals surface area contributed by atoms with Crippen LogP contribution in [-0.4, -0.2) is 39.0 Å². The number of carbonyl (C=O) groups is 2. The molecule has 1 aromatic carbocycles. The molecule has 0 bridgehead atoms. The minimum atomic E-state index is -1.13. The SMILES string of the molecule is CC(C)OC(=O)[C@@H](Cn1cncn1)OC(=O)N[C@@H](C)c1ccc(C(C)C)cc1. The fourth-order valence-corrected chi connectivity index (χ4v) is 2.56. The van der Waals surface area contributed by atoms with Crippen molar-refractivity contribution in [3.05, 3.63) is 48.0 Å². The molecule has 152 valence electrons. The lowest BCUT2D eigenvalue weighted by Crippen LogP contribution is -2.38. The number of carbonyl (C=O) groups excluding carboxylic acids is 2. The molecule has 0 aliphatic rings. The first-order valence-corrected chi connectivity index (χ1v) is 9.36. The van der Waals surface area contributed by atoms with E-state index in [0.29, 0.717) is 5.92 Å². The number of alkyl carbamates (subject to hydrolysis) is 1. The number of nitrogens with one attached hydrogen (secondary N) is 1. The summed E-state index contributed by atoms with van der Waals surface area (Å²) in [4.78, 5) is 28.5. The molecule has 2 atom stereocenters. The van der Waals surface area contributed by atoms with Gasteiger partial charge in [-0.15, -0.1) is 0 Å². The summed E-state index contributed by atoms with van der Waals surface area (Å²) in [7, 11) is 0. The van der Waals surface area contributed by atoms with Gasteiger partial charge in [0.2, 0.25) is 6.10 Å². The van der Waals surface area contributed by atoms with E-state index in [1.54, 1.807) is 13.8 Å². The summed E-state index contributed by atoms with van der Waals surface area (Å²) in [5.41, 5.74) is 2.17. The second-order valence-corrected chi connectivity index (χ2v) is 7.18. The number of benzene rings is 1. The third kappa shape index (κ3) is 6.37. The third-order valence-electron chi connectivity index (χ3n) is 4.12. The van der Waals surface area contributed by atoms with Gasteiger partial charge < -0.3 is 14.8 Å². The van der Waals surface area contributed by atoms with Crippen LogP contribution < -0.4 is 5.32 Å². The normalized spacial score (nSPS) is 13.2. The number of nitrogens with zero attached hydrogens (tertiary/aromatic N) is 3. The zero-order valence-electron chi connectivity index (χ0n) is 17.0. The molecule has 0 saturated carbocycles. The van der Waals surface area contributed by atoms with Crippen molar-refractivity contribution in [3.63, 3.8) is 0 Å². The van der Waals surface area contributed by atoms with E-state index in [9.17, 15) is 9.59 Å². The van der Waals surface area contributed by atoms with Crippen LogP contribution in [0.25, 0.3) is 0 Å². The lowest BCUT2D eigenvalue weighted by molar-refractivity contribution is -0.158. The molecule has 1 amide bonds. The van der Waals surface area contributed by atoms with E-state index in [0.717, 1.165) is 5.56 Å². The lowest BCUT2D eigenvalue weighted by atomic mass is 10.00. The zero-order chi connectivity index (χ0) is 20.7. The molecular weight excluding hydrogens is 360 g/mol. The van der Waals surface area contributed by atoms with Gasteiger partial charge in [0, 0.05) is 0 Å². The lowest BCUT2D eigenvalue weighted by Gasteiger charge is -2.20. The van der Waals surface area contributed by atoms with Crippen LogP contribution >= 0.6 is 0 Å². The quantitative estimate of drug-likeness (QED) is 0.698. The van der Waals surface area contributed by atoms with Gasteiger partial charge in [0.25, 0.3) is 0 Å². The maximum Gasteiger partial charge on any atom is 0.408 e. The molecule has 2 aromatic rings. The molecule has 1 heterocycles. The molecular formula is C20H28N4O4. The molecule has 0 radical (unpaired) electrons. The summed E-state index contributed by atoms with van der Waals surface area (Å²) in [6.45, 7) is 9.58. The zero-order valence-corrected chi connectivity index (χ0v) is 17.0. The molecule has 0 unspecified atom stereocenters. The standard InChI is InChI=1S/C20H28N4O4/c1-13(2)16-6-8-17(9-7-16)15(5)23-20(26)28-18(19(25)27-14(3)4)10-24-12-21-11-22-24/h6-9,11-15,18H,10H2,1-5H3,(H,23,26)/t15-,18+/m0/s1. The van der Waals surface area contributed by atoms with E-state index in [2.05, 4.69) is 29.2 Å². The number of aromatic nitrogens is 3. The van der Waals surface area contributed by atoms with Crippen molar-refractivity contribution < 1.29 is 19.1 Å². The maximum absolute atomic E-state index is 12.3. The van der Waals surface area contributed by atoms with E-state index < -0.39 is 18.2 Å². The Morgan fingerprint density at radius 3 is 2.21 bits per heavy atom. The van der Waals surface area contributed by atoms with Crippen LogP contribution in [0, 0.1) is 0 Å². The second kappa shape index (κ2) is 9.87. The van der Waals surface area contributed by atoms with Crippen molar-refractivity contribution in [3.8, 4) is 0 Å². The number of esters is 1. The van der Waals surface area contributed by atoms with E-state index in [-0.39, 0.29) is 18.7 Å². The van der Waals surface area contributed by atoms with Crippen LogP contribution in [-0.2, 0) is 20.8 Å². The molecule has 8 nitrogen and oxygen atoms in total. The molecule has 2 rings (SSSR count). The molecule has 1 aromatic heterocycles. The predicted octanol–water partition coefficient (Wildman–Crippen LogP) is 3.21. The number of rotatable bonds is 8. The Bertz CT molecular complexity index is 757. The fraction of sp³-hybridized carbons (Fsp3) is 0.500. The van der Waals surface area contributed by atoms with Gasteiger partial charge in [0.05, 0.1) is 18.7 Å². The van der Waals surface area contributed by atoms with Gasteiger partial charge in [-0.3, -0.25) is 0 Å². The van der Waals surface area contributed by atoms with E-state index in [4.69, 9.17) is 9.47 Å². The minimum absolute atomic E-state index is 0.0242. The molecule has 8 heteroatoms. The monoisotopic (exact) mass is 388 g/mol. The third-order valence-corrected chi connectivity index (χ3v) is 4.12. The summed E-state index contributed by atoms with van der Waals surface area (Å²) in [6.07, 6.45) is 0.630. The van der Waals surface area contributed by atoms with Crippen molar-refractivity contribution in [1.29, 1.82) is 0 Å². The number of hydrogen-bond acceptors (Lipinski definition) is 6. The van der Waals surface area contributed by atoms with Crippen molar-refractivity contribution in [2.45, 2.75) is 65.3 Å². The highest BCUT2D eigenvalue weighted by Gasteiger charge is 2.27.